The van der Waals surface area contributed by atoms with Crippen molar-refractivity contribution in [2.45, 2.75) is 46.5 Å². The highest BCUT2D eigenvalue weighted by atomic mass is 19.1. The number of hydrogen-bond acceptors (Lipinski definition) is 1. The largest absolute Gasteiger partial charge is 0.361 e. The first-order chi connectivity index (χ1) is 9.16. The number of carbonyl (C=O) groups is 1. The molecule has 0 saturated heterocycles. The van der Waals surface area contributed by atoms with Crippen LogP contribution in [-0.4, -0.2) is 10.8 Å². The molecule has 1 aromatic heterocycles. The second-order valence-electron chi connectivity index (χ2n) is 4.41. The summed E-state index contributed by atoms with van der Waals surface area (Å²) < 4.78 is 12.7. The standard InChI is InChI=1S/C9H8FN.C5H8O.C2H6/c1-6-5-11-9-3-2-7(10)4-8(6)9;6-5-3-1-2-4-5;1-2/h2-5,11H,1H3;1-4H2;1-2H3. The number of Topliss-reactive ketones (excluding diaryl/α,β-unsaturated/α-hetero) is 1. The van der Waals surface area contributed by atoms with Crippen LogP contribution in [0.15, 0.2) is 24.4 Å². The molecule has 0 bridgehead atoms. The first-order valence-corrected chi connectivity index (χ1v) is 6.92. The molecule has 1 aromatic carbocycles. The number of halogens is 1. The highest BCUT2D eigenvalue weighted by molar-refractivity contribution is 5.82. The molecule has 2 nitrogen and oxygen atoms in total. The van der Waals surface area contributed by atoms with E-state index in [2.05, 4.69) is 4.98 Å². The SMILES string of the molecule is CC.Cc1c[nH]c2ccc(F)cc12.O=C1CCCC1. The molecule has 1 heterocycles. The quantitative estimate of drug-likeness (QED) is 0.729. The Morgan fingerprint density at radius 3 is 2.32 bits per heavy atom. The molecule has 0 spiro atoms. The molecule has 0 atom stereocenters. The van der Waals surface area contributed by atoms with Gasteiger partial charge in [-0.1, -0.05) is 13.8 Å². The fourth-order valence-electron chi connectivity index (χ4n) is 2.00. The second-order valence-corrected chi connectivity index (χ2v) is 4.41. The smallest absolute Gasteiger partial charge is 0.132 e. The summed E-state index contributed by atoms with van der Waals surface area (Å²) in [6.07, 6.45) is 5.85. The highest BCUT2D eigenvalue weighted by Gasteiger charge is 2.07. The predicted molar refractivity (Wildman–Crippen MR) is 77.8 cm³/mol. The second kappa shape index (κ2) is 7.72. The number of aryl methyl sites for hydroxylation is 1. The average Bonchev–Trinajstić information content (AvgIpc) is 3.03. The van der Waals surface area contributed by atoms with E-state index in [-0.39, 0.29) is 5.82 Å². The maximum absolute atomic E-state index is 12.7. The Labute approximate surface area is 114 Å². The van der Waals surface area contributed by atoms with Gasteiger partial charge in [-0.25, -0.2) is 4.39 Å². The maximum atomic E-state index is 12.7. The molecule has 1 aliphatic rings. The van der Waals surface area contributed by atoms with Crippen molar-refractivity contribution in [2.24, 2.45) is 0 Å². The lowest BCUT2D eigenvalue weighted by atomic mass is 10.2. The summed E-state index contributed by atoms with van der Waals surface area (Å²) >= 11 is 0. The van der Waals surface area contributed by atoms with Crippen LogP contribution >= 0.6 is 0 Å². The van der Waals surface area contributed by atoms with Crippen LogP contribution in [0, 0.1) is 12.7 Å². The third-order valence-electron chi connectivity index (χ3n) is 3.01. The van der Waals surface area contributed by atoms with E-state index < -0.39 is 0 Å². The van der Waals surface area contributed by atoms with Crippen LogP contribution < -0.4 is 0 Å². The van der Waals surface area contributed by atoms with Crippen molar-refractivity contribution in [3.8, 4) is 0 Å². The topological polar surface area (TPSA) is 32.9 Å². The van der Waals surface area contributed by atoms with Gasteiger partial charge in [0.05, 0.1) is 0 Å². The van der Waals surface area contributed by atoms with Crippen LogP contribution in [0.5, 0.6) is 0 Å². The van der Waals surface area contributed by atoms with Gasteiger partial charge in [-0.2, -0.15) is 0 Å². The van der Waals surface area contributed by atoms with Gasteiger partial charge in [0.2, 0.25) is 0 Å². The Balaban J connectivity index is 0.000000192. The minimum Gasteiger partial charge on any atom is -0.361 e. The first-order valence-electron chi connectivity index (χ1n) is 6.92. The van der Waals surface area contributed by atoms with Gasteiger partial charge in [-0.3, -0.25) is 4.79 Å². The van der Waals surface area contributed by atoms with E-state index in [4.69, 9.17) is 0 Å². The lowest BCUT2D eigenvalue weighted by Crippen LogP contribution is -1.81. The van der Waals surface area contributed by atoms with Crippen LogP contribution in [0.4, 0.5) is 4.39 Å². The molecule has 0 aliphatic heterocycles. The number of hydrogen-bond donors (Lipinski definition) is 1. The van der Waals surface area contributed by atoms with Crippen LogP contribution in [0.1, 0.15) is 45.1 Å². The van der Waals surface area contributed by atoms with Gasteiger partial charge < -0.3 is 4.98 Å². The summed E-state index contributed by atoms with van der Waals surface area (Å²) in [5, 5.41) is 0.963. The van der Waals surface area contributed by atoms with E-state index in [0.717, 1.165) is 42.1 Å². The Morgan fingerprint density at radius 1 is 1.16 bits per heavy atom. The summed E-state index contributed by atoms with van der Waals surface area (Å²) in [5.41, 5.74) is 2.07. The van der Waals surface area contributed by atoms with Gasteiger partial charge in [0.1, 0.15) is 11.6 Å². The number of carbonyl (C=O) groups excluding carboxylic acids is 1. The number of ketones is 1. The molecular formula is C16H22FNO. The lowest BCUT2D eigenvalue weighted by Gasteiger charge is -1.90. The lowest BCUT2D eigenvalue weighted by molar-refractivity contribution is -0.117. The number of aromatic nitrogens is 1. The fraction of sp³-hybridized carbons (Fsp3) is 0.438. The summed E-state index contributed by atoms with van der Waals surface area (Å²) in [6, 6.07) is 4.75. The molecule has 0 unspecified atom stereocenters. The molecular weight excluding hydrogens is 241 g/mol. The molecule has 1 saturated carbocycles. The van der Waals surface area contributed by atoms with Crippen LogP contribution in [-0.2, 0) is 4.79 Å². The minimum absolute atomic E-state index is 0.180. The monoisotopic (exact) mass is 263 g/mol. The van der Waals surface area contributed by atoms with Gasteiger partial charge in [-0.15, -0.1) is 0 Å². The van der Waals surface area contributed by atoms with Crippen molar-refractivity contribution < 1.29 is 9.18 Å². The predicted octanol–water partition coefficient (Wildman–Crippen LogP) is 4.77. The van der Waals surface area contributed by atoms with Crippen molar-refractivity contribution in [1.29, 1.82) is 0 Å². The number of aromatic amines is 1. The van der Waals surface area contributed by atoms with E-state index in [1.807, 2.05) is 27.0 Å². The highest BCUT2D eigenvalue weighted by Crippen LogP contribution is 2.17. The van der Waals surface area contributed by atoms with E-state index in [0.29, 0.717) is 5.78 Å². The zero-order chi connectivity index (χ0) is 14.3. The first kappa shape index (κ1) is 15.4. The van der Waals surface area contributed by atoms with Gasteiger partial charge >= 0.3 is 0 Å². The molecule has 0 amide bonds. The number of H-pyrrole nitrogens is 1. The number of fused-ring (bicyclic) bond motifs is 1. The normalized spacial score (nSPS) is 13.6. The van der Waals surface area contributed by atoms with E-state index in [1.165, 1.54) is 6.07 Å². The van der Waals surface area contributed by atoms with E-state index in [1.54, 1.807) is 12.1 Å². The van der Waals surface area contributed by atoms with E-state index >= 15 is 0 Å². The summed E-state index contributed by atoms with van der Waals surface area (Å²) in [7, 11) is 0. The zero-order valence-electron chi connectivity index (χ0n) is 11.9. The van der Waals surface area contributed by atoms with Crippen LogP contribution in [0.2, 0.25) is 0 Å². The van der Waals surface area contributed by atoms with Gasteiger partial charge in [0.15, 0.2) is 0 Å². The maximum Gasteiger partial charge on any atom is 0.132 e. The van der Waals surface area contributed by atoms with Gasteiger partial charge in [0.25, 0.3) is 0 Å². The molecule has 3 rings (SSSR count). The molecule has 1 aliphatic carbocycles. The van der Waals surface area contributed by atoms with Crippen molar-refractivity contribution >= 4 is 16.7 Å². The van der Waals surface area contributed by atoms with Crippen molar-refractivity contribution in [1.82, 2.24) is 4.98 Å². The number of benzene rings is 1. The molecule has 2 aromatic rings. The molecule has 3 heteroatoms. The average molecular weight is 263 g/mol. The third kappa shape index (κ3) is 4.51. The molecule has 19 heavy (non-hydrogen) atoms. The minimum atomic E-state index is -0.180. The van der Waals surface area contributed by atoms with Crippen LogP contribution in [0.3, 0.4) is 0 Å². The van der Waals surface area contributed by atoms with Gasteiger partial charge in [-0.05, 0) is 43.5 Å². The summed E-state index contributed by atoms with van der Waals surface area (Å²) in [4.78, 5) is 13.3. The summed E-state index contributed by atoms with van der Waals surface area (Å²) in [5.74, 6) is 0.273. The fourth-order valence-corrected chi connectivity index (χ4v) is 2.00. The van der Waals surface area contributed by atoms with Crippen molar-refractivity contribution in [3.63, 3.8) is 0 Å². The van der Waals surface area contributed by atoms with Gasteiger partial charge in [0, 0.05) is 29.9 Å². The molecule has 104 valence electrons. The Kier molecular flexibility index (Phi) is 6.26. The van der Waals surface area contributed by atoms with Crippen molar-refractivity contribution in [2.75, 3.05) is 0 Å². The molecule has 1 N–H and O–H groups in total. The van der Waals surface area contributed by atoms with E-state index in [9.17, 15) is 9.18 Å². The third-order valence-corrected chi connectivity index (χ3v) is 3.01. The Bertz CT molecular complexity index is 523. The number of nitrogens with one attached hydrogen (secondary N) is 1. The number of rotatable bonds is 0. The summed E-state index contributed by atoms with van der Waals surface area (Å²) in [6.45, 7) is 5.96. The zero-order valence-corrected chi connectivity index (χ0v) is 11.9. The molecule has 0 radical (unpaired) electrons. The Hall–Kier alpha value is -1.64. The van der Waals surface area contributed by atoms with Crippen molar-refractivity contribution in [3.05, 3.63) is 35.8 Å². The molecule has 1 fully saturated rings. The Morgan fingerprint density at radius 2 is 1.79 bits per heavy atom. The van der Waals surface area contributed by atoms with Crippen LogP contribution in [0.25, 0.3) is 10.9 Å².